The molecule has 2 aromatic rings. The van der Waals surface area contributed by atoms with Crippen molar-refractivity contribution in [2.75, 3.05) is 17.7 Å². The van der Waals surface area contributed by atoms with Gasteiger partial charge in [-0.05, 0) is 19.1 Å². The quantitative estimate of drug-likeness (QED) is 0.822. The molecule has 0 fully saturated rings. The van der Waals surface area contributed by atoms with Gasteiger partial charge in [-0.2, -0.15) is 0 Å². The molecule has 16 heavy (non-hydrogen) atoms. The summed E-state index contributed by atoms with van der Waals surface area (Å²) in [4.78, 5) is 4.33. The summed E-state index contributed by atoms with van der Waals surface area (Å²) in [5.41, 5.74) is 0.870. The number of nitrogens with one attached hydrogen (secondary N) is 2. The van der Waals surface area contributed by atoms with Crippen LogP contribution in [0.15, 0.2) is 28.8 Å². The normalized spacial score (nSPS) is 10.1. The van der Waals surface area contributed by atoms with E-state index in [4.69, 9.17) is 4.52 Å². The number of aromatic nitrogens is 2. The Hall–Kier alpha value is -2.04. The predicted octanol–water partition coefficient (Wildman–Crippen LogP) is 2.03. The summed E-state index contributed by atoms with van der Waals surface area (Å²) < 4.78 is 4.98. The van der Waals surface area contributed by atoms with Crippen LogP contribution in [-0.4, -0.2) is 17.2 Å². The SMILES string of the molecule is CNc1cccc(NCc2cc(C)on2)n1. The van der Waals surface area contributed by atoms with E-state index in [1.54, 1.807) is 0 Å². The molecule has 2 N–H and O–H groups in total. The van der Waals surface area contributed by atoms with Gasteiger partial charge in [0.15, 0.2) is 0 Å². The number of pyridine rings is 1. The first-order valence-electron chi connectivity index (χ1n) is 5.09. The molecule has 0 aromatic carbocycles. The van der Waals surface area contributed by atoms with Gasteiger partial charge < -0.3 is 15.2 Å². The molecule has 0 unspecified atom stereocenters. The Morgan fingerprint density at radius 2 is 2.12 bits per heavy atom. The maximum Gasteiger partial charge on any atom is 0.133 e. The van der Waals surface area contributed by atoms with Crippen molar-refractivity contribution in [2.45, 2.75) is 13.5 Å². The molecule has 2 heterocycles. The molecule has 5 heteroatoms. The zero-order chi connectivity index (χ0) is 11.4. The molecule has 0 aliphatic rings. The maximum absolute atomic E-state index is 4.98. The highest BCUT2D eigenvalue weighted by Crippen LogP contribution is 2.10. The highest BCUT2D eigenvalue weighted by atomic mass is 16.5. The van der Waals surface area contributed by atoms with Crippen LogP contribution in [0.3, 0.4) is 0 Å². The zero-order valence-electron chi connectivity index (χ0n) is 9.32. The van der Waals surface area contributed by atoms with Crippen LogP contribution in [0.4, 0.5) is 11.6 Å². The predicted molar refractivity (Wildman–Crippen MR) is 62.4 cm³/mol. The summed E-state index contributed by atoms with van der Waals surface area (Å²) in [7, 11) is 1.84. The van der Waals surface area contributed by atoms with E-state index >= 15 is 0 Å². The van der Waals surface area contributed by atoms with Gasteiger partial charge in [-0.3, -0.25) is 0 Å². The van der Waals surface area contributed by atoms with Crippen molar-refractivity contribution >= 4 is 11.6 Å². The first-order chi connectivity index (χ1) is 7.78. The Balaban J connectivity index is 1.99. The molecule has 0 spiro atoms. The third kappa shape index (κ3) is 2.50. The zero-order valence-corrected chi connectivity index (χ0v) is 9.32. The van der Waals surface area contributed by atoms with Gasteiger partial charge in [0.25, 0.3) is 0 Å². The smallest absolute Gasteiger partial charge is 0.133 e. The molecule has 84 valence electrons. The fourth-order valence-corrected chi connectivity index (χ4v) is 1.35. The molecule has 0 aliphatic carbocycles. The molecule has 5 nitrogen and oxygen atoms in total. The number of hydrogen-bond acceptors (Lipinski definition) is 5. The minimum Gasteiger partial charge on any atom is -0.373 e. The molecule has 0 aliphatic heterocycles. The van der Waals surface area contributed by atoms with E-state index in [0.29, 0.717) is 6.54 Å². The maximum atomic E-state index is 4.98. The number of anilines is 2. The van der Waals surface area contributed by atoms with E-state index in [2.05, 4.69) is 20.8 Å². The van der Waals surface area contributed by atoms with Gasteiger partial charge in [0.1, 0.15) is 23.1 Å². The summed E-state index contributed by atoms with van der Waals surface area (Å²) in [6.07, 6.45) is 0. The lowest BCUT2D eigenvalue weighted by atomic mass is 10.3. The van der Waals surface area contributed by atoms with Crippen LogP contribution < -0.4 is 10.6 Å². The topological polar surface area (TPSA) is 63.0 Å². The molecule has 2 rings (SSSR count). The standard InChI is InChI=1S/C11H14N4O/c1-8-6-9(15-16-8)7-13-11-5-3-4-10(12-2)14-11/h3-6H,7H2,1-2H3,(H2,12,13,14). The van der Waals surface area contributed by atoms with E-state index in [1.807, 2.05) is 38.2 Å². The molecular weight excluding hydrogens is 204 g/mol. The Labute approximate surface area is 93.9 Å². The molecule has 0 amide bonds. The Morgan fingerprint density at radius 3 is 2.81 bits per heavy atom. The first kappa shape index (κ1) is 10.5. The number of rotatable bonds is 4. The summed E-state index contributed by atoms with van der Waals surface area (Å²) in [6, 6.07) is 7.66. The number of hydrogen-bond donors (Lipinski definition) is 2. The van der Waals surface area contributed by atoms with Crippen molar-refractivity contribution in [1.82, 2.24) is 10.1 Å². The van der Waals surface area contributed by atoms with Crippen molar-refractivity contribution in [3.05, 3.63) is 35.7 Å². The van der Waals surface area contributed by atoms with Crippen molar-refractivity contribution in [3.8, 4) is 0 Å². The van der Waals surface area contributed by atoms with E-state index in [0.717, 1.165) is 23.1 Å². The Morgan fingerprint density at radius 1 is 1.31 bits per heavy atom. The van der Waals surface area contributed by atoms with Crippen molar-refractivity contribution < 1.29 is 4.52 Å². The van der Waals surface area contributed by atoms with Gasteiger partial charge in [0.2, 0.25) is 0 Å². The third-order valence-corrected chi connectivity index (χ3v) is 2.13. The van der Waals surface area contributed by atoms with Crippen LogP contribution in [0.1, 0.15) is 11.5 Å². The van der Waals surface area contributed by atoms with Gasteiger partial charge in [0, 0.05) is 13.1 Å². The van der Waals surface area contributed by atoms with E-state index in [1.165, 1.54) is 0 Å². The lowest BCUT2D eigenvalue weighted by molar-refractivity contribution is 0.391. The second-order valence-electron chi connectivity index (χ2n) is 3.44. The minimum atomic E-state index is 0.609. The summed E-state index contributed by atoms with van der Waals surface area (Å²) in [5, 5.41) is 10.1. The van der Waals surface area contributed by atoms with Gasteiger partial charge in [-0.1, -0.05) is 11.2 Å². The molecular formula is C11H14N4O. The fraction of sp³-hybridized carbons (Fsp3) is 0.273. The molecule has 0 radical (unpaired) electrons. The lowest BCUT2D eigenvalue weighted by Crippen LogP contribution is -2.02. The van der Waals surface area contributed by atoms with Crippen molar-refractivity contribution in [3.63, 3.8) is 0 Å². The van der Waals surface area contributed by atoms with Crippen molar-refractivity contribution in [2.24, 2.45) is 0 Å². The molecule has 0 saturated carbocycles. The van der Waals surface area contributed by atoms with Crippen LogP contribution in [0, 0.1) is 6.92 Å². The first-order valence-corrected chi connectivity index (χ1v) is 5.09. The van der Waals surface area contributed by atoms with Crippen LogP contribution in [-0.2, 0) is 6.54 Å². The Bertz CT molecular complexity index is 467. The summed E-state index contributed by atoms with van der Waals surface area (Å²) in [5.74, 6) is 2.46. The van der Waals surface area contributed by atoms with E-state index < -0.39 is 0 Å². The Kier molecular flexibility index (Phi) is 3.05. The average molecular weight is 218 g/mol. The van der Waals surface area contributed by atoms with Gasteiger partial charge in [0.05, 0.1) is 6.54 Å². The fourth-order valence-electron chi connectivity index (χ4n) is 1.35. The van der Waals surface area contributed by atoms with Gasteiger partial charge >= 0.3 is 0 Å². The molecule has 2 aromatic heterocycles. The summed E-state index contributed by atoms with van der Waals surface area (Å²) in [6.45, 7) is 2.48. The minimum absolute atomic E-state index is 0.609. The number of nitrogens with zero attached hydrogens (tertiary/aromatic N) is 2. The van der Waals surface area contributed by atoms with Crippen LogP contribution >= 0.6 is 0 Å². The van der Waals surface area contributed by atoms with Crippen LogP contribution in [0.2, 0.25) is 0 Å². The van der Waals surface area contributed by atoms with E-state index in [-0.39, 0.29) is 0 Å². The van der Waals surface area contributed by atoms with E-state index in [9.17, 15) is 0 Å². The number of aryl methyl sites for hydroxylation is 1. The van der Waals surface area contributed by atoms with Gasteiger partial charge in [-0.15, -0.1) is 0 Å². The second kappa shape index (κ2) is 4.65. The van der Waals surface area contributed by atoms with Gasteiger partial charge in [-0.25, -0.2) is 4.98 Å². The largest absolute Gasteiger partial charge is 0.373 e. The average Bonchev–Trinajstić information content (AvgIpc) is 2.73. The van der Waals surface area contributed by atoms with Crippen molar-refractivity contribution in [1.29, 1.82) is 0 Å². The molecule has 0 atom stereocenters. The summed E-state index contributed by atoms with van der Waals surface area (Å²) >= 11 is 0. The second-order valence-corrected chi connectivity index (χ2v) is 3.44. The third-order valence-electron chi connectivity index (χ3n) is 2.13. The highest BCUT2D eigenvalue weighted by molar-refractivity contribution is 5.44. The monoisotopic (exact) mass is 218 g/mol. The highest BCUT2D eigenvalue weighted by Gasteiger charge is 2.00. The lowest BCUT2D eigenvalue weighted by Gasteiger charge is -2.04. The molecule has 0 saturated heterocycles. The molecule has 0 bridgehead atoms. The van der Waals surface area contributed by atoms with Crippen LogP contribution in [0.25, 0.3) is 0 Å². The van der Waals surface area contributed by atoms with Crippen LogP contribution in [0.5, 0.6) is 0 Å².